The number of rotatable bonds is 14. The lowest BCUT2D eigenvalue weighted by molar-refractivity contribution is 0.571. The van der Waals surface area contributed by atoms with Gasteiger partial charge in [-0.3, -0.25) is 0 Å². The highest BCUT2D eigenvalue weighted by Gasteiger charge is 2.23. The molecular formula is C31H45N5S. The Labute approximate surface area is 229 Å². The summed E-state index contributed by atoms with van der Waals surface area (Å²) in [6, 6.07) is 17.4. The van der Waals surface area contributed by atoms with Gasteiger partial charge >= 0.3 is 0 Å². The van der Waals surface area contributed by atoms with Crippen molar-refractivity contribution in [3.63, 3.8) is 0 Å². The zero-order chi connectivity index (χ0) is 26.8. The molecule has 0 aliphatic carbocycles. The molecule has 0 saturated carbocycles. The number of hydrogen-bond donors (Lipinski definition) is 0. The van der Waals surface area contributed by atoms with E-state index in [9.17, 15) is 0 Å². The predicted molar refractivity (Wildman–Crippen MR) is 162 cm³/mol. The maximum absolute atomic E-state index is 5.10. The van der Waals surface area contributed by atoms with Gasteiger partial charge < -0.3 is 9.80 Å². The number of nitrogens with zero attached hydrogens (tertiary/aromatic N) is 5. The molecule has 6 heteroatoms. The van der Waals surface area contributed by atoms with Crippen molar-refractivity contribution in [3.8, 4) is 22.5 Å². The van der Waals surface area contributed by atoms with Crippen LogP contribution in [0.5, 0.6) is 0 Å². The molecule has 0 aliphatic rings. The fourth-order valence-corrected chi connectivity index (χ4v) is 5.65. The fraction of sp³-hybridized carbons (Fsp3) is 0.516. The van der Waals surface area contributed by atoms with E-state index in [1.54, 1.807) is 11.8 Å². The summed E-state index contributed by atoms with van der Waals surface area (Å²) in [5.74, 6) is 0. The van der Waals surface area contributed by atoms with Crippen LogP contribution in [0.1, 0.15) is 74.1 Å². The Hall–Kier alpha value is -2.60. The van der Waals surface area contributed by atoms with Gasteiger partial charge in [0.1, 0.15) is 11.4 Å². The molecule has 0 spiro atoms. The lowest BCUT2D eigenvalue weighted by Crippen LogP contribution is -2.21. The molecule has 0 N–H and O–H groups in total. The lowest BCUT2D eigenvalue weighted by Gasteiger charge is -2.23. The first-order valence-electron chi connectivity index (χ1n) is 14.0. The minimum absolute atomic E-state index is 0.0632. The molecule has 0 bridgehead atoms. The van der Waals surface area contributed by atoms with Gasteiger partial charge in [0.25, 0.3) is 0 Å². The van der Waals surface area contributed by atoms with Crippen LogP contribution >= 0.6 is 11.8 Å². The van der Waals surface area contributed by atoms with E-state index in [-0.39, 0.29) is 4.75 Å². The molecule has 3 aromatic rings. The van der Waals surface area contributed by atoms with Crippen molar-refractivity contribution in [2.45, 2.75) is 84.1 Å². The van der Waals surface area contributed by atoms with Crippen molar-refractivity contribution in [1.82, 2.24) is 15.2 Å². The number of aromatic nitrogens is 3. The molecule has 0 amide bonds. The highest BCUT2D eigenvalue weighted by atomic mass is 32.2. The van der Waals surface area contributed by atoms with E-state index in [2.05, 4.69) is 112 Å². The van der Waals surface area contributed by atoms with Gasteiger partial charge in [-0.05, 0) is 58.4 Å². The molecule has 37 heavy (non-hydrogen) atoms. The molecule has 0 radical (unpaired) electrons. The molecular weight excluding hydrogens is 474 g/mol. The van der Waals surface area contributed by atoms with Crippen molar-refractivity contribution >= 4 is 23.1 Å². The molecule has 0 saturated heterocycles. The van der Waals surface area contributed by atoms with E-state index in [4.69, 9.17) is 10.1 Å². The number of thioether (sulfide) groups is 1. The van der Waals surface area contributed by atoms with Crippen LogP contribution in [-0.4, -0.2) is 46.1 Å². The number of anilines is 2. The largest absolute Gasteiger partial charge is 0.372 e. The van der Waals surface area contributed by atoms with Gasteiger partial charge in [-0.25, -0.2) is 4.98 Å². The third-order valence-electron chi connectivity index (χ3n) is 6.96. The van der Waals surface area contributed by atoms with Gasteiger partial charge in [-0.15, -0.1) is 10.2 Å². The van der Waals surface area contributed by atoms with Gasteiger partial charge in [-0.2, -0.15) is 0 Å². The average Bonchev–Trinajstić information content (AvgIpc) is 2.91. The molecule has 1 heterocycles. The number of hydrogen-bond acceptors (Lipinski definition) is 6. The summed E-state index contributed by atoms with van der Waals surface area (Å²) in [5, 5.41) is 10.1. The molecule has 0 fully saturated rings. The van der Waals surface area contributed by atoms with Gasteiger partial charge in [-0.1, -0.05) is 76.1 Å². The summed E-state index contributed by atoms with van der Waals surface area (Å²) in [6.45, 7) is 19.5. The van der Waals surface area contributed by atoms with Crippen LogP contribution < -0.4 is 9.80 Å². The maximum atomic E-state index is 5.10. The van der Waals surface area contributed by atoms with Crippen molar-refractivity contribution in [3.05, 3.63) is 48.5 Å². The quantitative estimate of drug-likeness (QED) is 0.157. The van der Waals surface area contributed by atoms with E-state index in [0.717, 1.165) is 60.3 Å². The van der Waals surface area contributed by atoms with Crippen molar-refractivity contribution in [1.29, 1.82) is 0 Å². The van der Waals surface area contributed by atoms with Gasteiger partial charge in [0.2, 0.25) is 5.16 Å². The molecule has 5 nitrogen and oxygen atoms in total. The highest BCUT2D eigenvalue weighted by molar-refractivity contribution is 8.00. The van der Waals surface area contributed by atoms with Crippen molar-refractivity contribution < 1.29 is 0 Å². The van der Waals surface area contributed by atoms with E-state index in [0.29, 0.717) is 0 Å². The molecule has 3 rings (SSSR count). The van der Waals surface area contributed by atoms with Crippen LogP contribution in [0.25, 0.3) is 22.5 Å². The standard InChI is InChI=1S/C31H45N5S/c1-8-13-14-23-31(6,7)37-30-32-28(24-15-19-26(20-16-24)35(9-2)10-3)29(33-34-30)25-17-21-27(22-18-25)36(11-4)12-5/h15-22H,8-14,23H2,1-7H3. The minimum atomic E-state index is 0.0632. The normalized spacial score (nSPS) is 11.5. The Morgan fingerprint density at radius 1 is 0.649 bits per heavy atom. The first-order chi connectivity index (χ1) is 17.8. The molecule has 0 atom stereocenters. The second-order valence-electron chi connectivity index (χ2n) is 10.0. The Kier molecular flexibility index (Phi) is 10.8. The number of benzene rings is 2. The van der Waals surface area contributed by atoms with Crippen LogP contribution in [0.4, 0.5) is 11.4 Å². The minimum Gasteiger partial charge on any atom is -0.372 e. The summed E-state index contributed by atoms with van der Waals surface area (Å²) in [6.07, 6.45) is 4.85. The SMILES string of the molecule is CCCCCC(C)(C)Sc1nnc(-c2ccc(N(CC)CC)cc2)c(-c2ccc(N(CC)CC)cc2)n1. The summed E-state index contributed by atoms with van der Waals surface area (Å²) in [7, 11) is 0. The second kappa shape index (κ2) is 13.8. The summed E-state index contributed by atoms with van der Waals surface area (Å²) in [5.41, 5.74) is 6.28. The van der Waals surface area contributed by atoms with Crippen LogP contribution in [0, 0.1) is 0 Å². The van der Waals surface area contributed by atoms with E-state index in [1.807, 2.05) is 0 Å². The van der Waals surface area contributed by atoms with Crippen molar-refractivity contribution in [2.75, 3.05) is 36.0 Å². The monoisotopic (exact) mass is 519 g/mol. The van der Waals surface area contributed by atoms with E-state index in [1.165, 1.54) is 30.6 Å². The summed E-state index contributed by atoms with van der Waals surface area (Å²) < 4.78 is 0.0632. The topological polar surface area (TPSA) is 45.2 Å². The second-order valence-corrected chi connectivity index (χ2v) is 11.7. The van der Waals surface area contributed by atoms with Crippen LogP contribution in [-0.2, 0) is 0 Å². The maximum Gasteiger partial charge on any atom is 0.210 e. The predicted octanol–water partition coefficient (Wildman–Crippen LogP) is 8.35. The Morgan fingerprint density at radius 3 is 1.59 bits per heavy atom. The van der Waals surface area contributed by atoms with Crippen LogP contribution in [0.15, 0.2) is 53.7 Å². The molecule has 2 aromatic carbocycles. The molecule has 200 valence electrons. The molecule has 0 aliphatic heterocycles. The first-order valence-corrected chi connectivity index (χ1v) is 14.8. The number of unbranched alkanes of at least 4 members (excludes halogenated alkanes) is 2. The summed E-state index contributed by atoms with van der Waals surface area (Å²) in [4.78, 5) is 9.81. The van der Waals surface area contributed by atoms with E-state index >= 15 is 0 Å². The summed E-state index contributed by atoms with van der Waals surface area (Å²) >= 11 is 1.74. The zero-order valence-electron chi connectivity index (χ0n) is 23.9. The lowest BCUT2D eigenvalue weighted by atomic mass is 10.0. The third-order valence-corrected chi connectivity index (χ3v) is 8.07. The van der Waals surface area contributed by atoms with Gasteiger partial charge in [0.05, 0.1) is 0 Å². The third kappa shape index (κ3) is 7.70. The highest BCUT2D eigenvalue weighted by Crippen LogP contribution is 2.37. The molecule has 1 aromatic heterocycles. The Morgan fingerprint density at radius 2 is 1.14 bits per heavy atom. The Balaban J connectivity index is 2.00. The van der Waals surface area contributed by atoms with Gasteiger partial charge in [0.15, 0.2) is 0 Å². The Bertz CT molecular complexity index is 1090. The van der Waals surface area contributed by atoms with Crippen molar-refractivity contribution in [2.24, 2.45) is 0 Å². The van der Waals surface area contributed by atoms with Crippen LogP contribution in [0.3, 0.4) is 0 Å². The van der Waals surface area contributed by atoms with Crippen LogP contribution in [0.2, 0.25) is 0 Å². The fourth-order valence-electron chi connectivity index (χ4n) is 4.69. The van der Waals surface area contributed by atoms with E-state index < -0.39 is 0 Å². The zero-order valence-corrected chi connectivity index (χ0v) is 24.7. The van der Waals surface area contributed by atoms with Gasteiger partial charge in [0, 0.05) is 53.4 Å². The average molecular weight is 520 g/mol. The molecule has 0 unspecified atom stereocenters. The first kappa shape index (κ1) is 29.0. The smallest absolute Gasteiger partial charge is 0.210 e.